The van der Waals surface area contributed by atoms with Gasteiger partial charge in [0.25, 0.3) is 0 Å². The zero-order valence-electron chi connectivity index (χ0n) is 10.7. The number of hydrogen-bond acceptors (Lipinski definition) is 5. The number of pyridine rings is 1. The Hall–Kier alpha value is -1.67. The molecule has 1 aromatic heterocycles. The number of aliphatic carboxylic acids is 1. The zero-order chi connectivity index (χ0) is 14.6. The molecule has 0 bridgehead atoms. The lowest BCUT2D eigenvalue weighted by atomic mass is 10.0. The van der Waals surface area contributed by atoms with Crippen molar-refractivity contribution in [1.29, 1.82) is 0 Å². The van der Waals surface area contributed by atoms with Crippen LogP contribution in [0.3, 0.4) is 0 Å². The molecular weight excluding hydrogens is 270 g/mol. The molecule has 0 saturated carbocycles. The topological polar surface area (TPSA) is 122 Å². The molecule has 0 amide bonds. The number of nitrogen functional groups attached to an aromatic ring is 1. The van der Waals surface area contributed by atoms with E-state index in [0.717, 1.165) is 6.20 Å². The van der Waals surface area contributed by atoms with E-state index < -0.39 is 22.0 Å². The summed E-state index contributed by atoms with van der Waals surface area (Å²) < 4.78 is 26.3. The summed E-state index contributed by atoms with van der Waals surface area (Å²) in [4.78, 5) is 14.6. The molecule has 0 spiro atoms. The minimum absolute atomic E-state index is 0.151. The first-order valence-corrected chi connectivity index (χ1v) is 7.22. The predicted octanol–water partition coefficient (Wildman–Crippen LogP) is 0.441. The van der Waals surface area contributed by atoms with E-state index >= 15 is 0 Å². The highest BCUT2D eigenvalue weighted by Gasteiger charge is 2.29. The van der Waals surface area contributed by atoms with Crippen LogP contribution >= 0.6 is 0 Å². The van der Waals surface area contributed by atoms with Gasteiger partial charge in [-0.3, -0.25) is 9.78 Å². The third kappa shape index (κ3) is 3.90. The average Bonchev–Trinajstić information content (AvgIpc) is 2.35. The summed E-state index contributed by atoms with van der Waals surface area (Å²) in [7, 11) is -3.96. The summed E-state index contributed by atoms with van der Waals surface area (Å²) in [5.74, 6) is -1.55. The van der Waals surface area contributed by atoms with Crippen LogP contribution in [0.15, 0.2) is 23.4 Å². The standard InChI is InChI=1S/C11H17N3O4S/c1-3-7(2)10(11(15)16)14-19(17,18)9-4-8(12)5-13-6-9/h4-7,10,14H,3,12H2,1-2H3,(H,15,16). The van der Waals surface area contributed by atoms with E-state index in [1.54, 1.807) is 13.8 Å². The van der Waals surface area contributed by atoms with Crippen molar-refractivity contribution in [3.05, 3.63) is 18.5 Å². The number of anilines is 1. The molecule has 1 heterocycles. The number of aromatic nitrogens is 1. The molecule has 0 aromatic carbocycles. The van der Waals surface area contributed by atoms with Gasteiger partial charge < -0.3 is 10.8 Å². The number of carbonyl (C=O) groups is 1. The number of nitrogens with two attached hydrogens (primary N) is 1. The number of nitrogens with zero attached hydrogens (tertiary/aromatic N) is 1. The Bertz CT molecular complexity index is 559. The number of nitrogens with one attached hydrogen (secondary N) is 1. The van der Waals surface area contributed by atoms with Gasteiger partial charge in [-0.25, -0.2) is 8.42 Å². The second kappa shape index (κ2) is 5.98. The number of rotatable bonds is 6. The fourth-order valence-corrected chi connectivity index (χ4v) is 2.76. The largest absolute Gasteiger partial charge is 0.480 e. The zero-order valence-corrected chi connectivity index (χ0v) is 11.5. The van der Waals surface area contributed by atoms with Crippen molar-refractivity contribution in [1.82, 2.24) is 9.71 Å². The minimum atomic E-state index is -3.96. The highest BCUT2D eigenvalue weighted by atomic mass is 32.2. The van der Waals surface area contributed by atoms with Crippen molar-refractivity contribution in [3.63, 3.8) is 0 Å². The summed E-state index contributed by atoms with van der Waals surface area (Å²) in [5.41, 5.74) is 5.65. The highest BCUT2D eigenvalue weighted by molar-refractivity contribution is 7.89. The van der Waals surface area contributed by atoms with Crippen LogP contribution in [0.1, 0.15) is 20.3 Å². The minimum Gasteiger partial charge on any atom is -0.480 e. The maximum atomic E-state index is 12.0. The van der Waals surface area contributed by atoms with E-state index in [1.165, 1.54) is 12.3 Å². The van der Waals surface area contributed by atoms with E-state index in [1.807, 2.05) is 0 Å². The molecule has 0 aliphatic heterocycles. The fourth-order valence-electron chi connectivity index (χ4n) is 1.46. The van der Waals surface area contributed by atoms with Crippen LogP contribution in [0.2, 0.25) is 0 Å². The molecular formula is C11H17N3O4S. The fraction of sp³-hybridized carbons (Fsp3) is 0.455. The SMILES string of the molecule is CCC(C)C(NS(=O)(=O)c1cncc(N)c1)C(=O)O. The Morgan fingerprint density at radius 1 is 1.53 bits per heavy atom. The van der Waals surface area contributed by atoms with Crippen LogP contribution in [0.25, 0.3) is 0 Å². The second-order valence-electron chi connectivity index (χ2n) is 4.28. The summed E-state index contributed by atoms with van der Waals surface area (Å²) in [6.45, 7) is 3.45. The molecule has 7 nitrogen and oxygen atoms in total. The van der Waals surface area contributed by atoms with Gasteiger partial charge in [0.2, 0.25) is 10.0 Å². The van der Waals surface area contributed by atoms with E-state index in [9.17, 15) is 13.2 Å². The van der Waals surface area contributed by atoms with Crippen molar-refractivity contribution in [2.45, 2.75) is 31.2 Å². The molecule has 1 rings (SSSR count). The monoisotopic (exact) mass is 287 g/mol. The van der Waals surface area contributed by atoms with Gasteiger partial charge in [-0.1, -0.05) is 20.3 Å². The Kier molecular flexibility index (Phi) is 4.84. The summed E-state index contributed by atoms with van der Waals surface area (Å²) in [6.07, 6.45) is 2.96. The van der Waals surface area contributed by atoms with Gasteiger partial charge in [-0.05, 0) is 12.0 Å². The van der Waals surface area contributed by atoms with Crippen LogP contribution in [0, 0.1) is 5.92 Å². The van der Waals surface area contributed by atoms with E-state index in [0.29, 0.717) is 6.42 Å². The Labute approximate surface area is 111 Å². The first kappa shape index (κ1) is 15.4. The van der Waals surface area contributed by atoms with Crippen LogP contribution in [0.4, 0.5) is 5.69 Å². The molecule has 1 aromatic rings. The van der Waals surface area contributed by atoms with Crippen molar-refractivity contribution in [2.24, 2.45) is 5.92 Å². The first-order valence-electron chi connectivity index (χ1n) is 5.73. The lowest BCUT2D eigenvalue weighted by Gasteiger charge is -2.20. The smallest absolute Gasteiger partial charge is 0.322 e. The van der Waals surface area contributed by atoms with Gasteiger partial charge in [0.05, 0.1) is 5.69 Å². The van der Waals surface area contributed by atoms with Crippen LogP contribution < -0.4 is 10.5 Å². The van der Waals surface area contributed by atoms with E-state index in [2.05, 4.69) is 9.71 Å². The van der Waals surface area contributed by atoms with Crippen LogP contribution in [-0.4, -0.2) is 30.5 Å². The molecule has 0 aliphatic carbocycles. The highest BCUT2D eigenvalue weighted by Crippen LogP contribution is 2.15. The predicted molar refractivity (Wildman–Crippen MR) is 69.8 cm³/mol. The average molecular weight is 287 g/mol. The van der Waals surface area contributed by atoms with Crippen molar-refractivity contribution in [3.8, 4) is 0 Å². The Morgan fingerprint density at radius 3 is 2.63 bits per heavy atom. The number of carboxylic acids is 1. The van der Waals surface area contributed by atoms with Gasteiger partial charge >= 0.3 is 5.97 Å². The number of hydrogen-bond donors (Lipinski definition) is 3. The lowest BCUT2D eigenvalue weighted by Crippen LogP contribution is -2.44. The van der Waals surface area contributed by atoms with Crippen LogP contribution in [-0.2, 0) is 14.8 Å². The van der Waals surface area contributed by atoms with Gasteiger partial charge in [-0.15, -0.1) is 0 Å². The van der Waals surface area contributed by atoms with Crippen LogP contribution in [0.5, 0.6) is 0 Å². The number of carboxylic acid groups (broad SMARTS) is 1. The second-order valence-corrected chi connectivity index (χ2v) is 5.99. The molecule has 0 fully saturated rings. The molecule has 8 heteroatoms. The third-order valence-corrected chi connectivity index (χ3v) is 4.21. The first-order chi connectivity index (χ1) is 8.77. The molecule has 106 valence electrons. The van der Waals surface area contributed by atoms with Gasteiger partial charge in [-0.2, -0.15) is 4.72 Å². The van der Waals surface area contributed by atoms with Crippen molar-refractivity contribution in [2.75, 3.05) is 5.73 Å². The third-order valence-electron chi connectivity index (χ3n) is 2.81. The van der Waals surface area contributed by atoms with Gasteiger partial charge in [0.1, 0.15) is 10.9 Å². The van der Waals surface area contributed by atoms with Crippen molar-refractivity contribution >= 4 is 21.7 Å². The molecule has 0 aliphatic rings. The molecule has 2 atom stereocenters. The maximum absolute atomic E-state index is 12.0. The van der Waals surface area contributed by atoms with Crippen molar-refractivity contribution < 1.29 is 18.3 Å². The summed E-state index contributed by atoms with van der Waals surface area (Å²) in [5, 5.41) is 9.07. The van der Waals surface area contributed by atoms with E-state index in [4.69, 9.17) is 10.8 Å². The van der Waals surface area contributed by atoms with E-state index in [-0.39, 0.29) is 16.5 Å². The maximum Gasteiger partial charge on any atom is 0.322 e. The molecule has 19 heavy (non-hydrogen) atoms. The molecule has 4 N–H and O–H groups in total. The normalized spacial score (nSPS) is 14.8. The molecule has 0 saturated heterocycles. The lowest BCUT2D eigenvalue weighted by molar-refractivity contribution is -0.140. The Morgan fingerprint density at radius 2 is 2.16 bits per heavy atom. The molecule has 0 radical (unpaired) electrons. The Balaban J connectivity index is 3.04. The number of sulfonamides is 1. The summed E-state index contributed by atoms with van der Waals surface area (Å²) >= 11 is 0. The van der Waals surface area contributed by atoms with Gasteiger partial charge in [0.15, 0.2) is 0 Å². The van der Waals surface area contributed by atoms with Gasteiger partial charge in [0, 0.05) is 12.4 Å². The summed E-state index contributed by atoms with van der Waals surface area (Å²) in [6, 6.07) is 0.0432. The molecule has 2 unspecified atom stereocenters. The quantitative estimate of drug-likeness (QED) is 0.697.